The maximum atomic E-state index is 6.11. The van der Waals surface area contributed by atoms with Gasteiger partial charge in [-0.1, -0.05) is 18.5 Å². The van der Waals surface area contributed by atoms with Crippen molar-refractivity contribution in [1.29, 1.82) is 0 Å². The Hall–Kier alpha value is -1.37. The molecule has 7 heteroatoms. The van der Waals surface area contributed by atoms with Gasteiger partial charge in [-0.15, -0.1) is 11.3 Å². The van der Waals surface area contributed by atoms with Crippen LogP contribution in [0, 0.1) is 6.92 Å². The van der Waals surface area contributed by atoms with E-state index in [-0.39, 0.29) is 6.04 Å². The number of aryl methyl sites for hydroxylation is 1. The summed E-state index contributed by atoms with van der Waals surface area (Å²) in [5.41, 5.74) is 7.99. The third-order valence-electron chi connectivity index (χ3n) is 3.38. The number of imidazole rings is 1. The molecule has 1 unspecified atom stereocenters. The SMILES string of the molecule is CCC(N)Cc1c(-n2cc(Cl)c(C)n2)nc2sccn12. The Morgan fingerprint density at radius 3 is 2.95 bits per heavy atom. The van der Waals surface area contributed by atoms with Gasteiger partial charge in [-0.05, 0) is 13.3 Å². The standard InChI is InChI=1S/C13H16ClN5S/c1-3-9(15)6-11-12(16-13-18(11)4-5-20-13)19-7-10(14)8(2)17-19/h4-5,7,9H,3,6,15H2,1-2H3. The van der Waals surface area contributed by atoms with E-state index in [4.69, 9.17) is 17.3 Å². The molecule has 0 amide bonds. The van der Waals surface area contributed by atoms with E-state index in [9.17, 15) is 0 Å². The summed E-state index contributed by atoms with van der Waals surface area (Å²) in [4.78, 5) is 5.60. The van der Waals surface area contributed by atoms with Gasteiger partial charge in [-0.3, -0.25) is 4.40 Å². The highest BCUT2D eigenvalue weighted by molar-refractivity contribution is 7.15. The zero-order chi connectivity index (χ0) is 14.3. The lowest BCUT2D eigenvalue weighted by Crippen LogP contribution is -2.23. The summed E-state index contributed by atoms with van der Waals surface area (Å²) < 4.78 is 3.83. The van der Waals surface area contributed by atoms with E-state index < -0.39 is 0 Å². The first-order chi connectivity index (χ1) is 9.60. The first kappa shape index (κ1) is 13.6. The molecule has 0 aromatic carbocycles. The van der Waals surface area contributed by atoms with Crippen molar-refractivity contribution in [3.8, 4) is 5.82 Å². The number of aromatic nitrogens is 4. The van der Waals surface area contributed by atoms with Gasteiger partial charge in [0.1, 0.15) is 0 Å². The van der Waals surface area contributed by atoms with Crippen molar-refractivity contribution in [2.45, 2.75) is 32.7 Å². The Morgan fingerprint density at radius 1 is 1.50 bits per heavy atom. The molecule has 3 heterocycles. The molecule has 3 aromatic rings. The second kappa shape index (κ2) is 5.20. The lowest BCUT2D eigenvalue weighted by atomic mass is 10.1. The summed E-state index contributed by atoms with van der Waals surface area (Å²) in [6.45, 7) is 3.97. The van der Waals surface area contributed by atoms with Gasteiger partial charge in [0.2, 0.25) is 0 Å². The fraction of sp³-hybridized carbons (Fsp3) is 0.385. The summed E-state index contributed by atoms with van der Waals surface area (Å²) in [5, 5.41) is 7.09. The first-order valence-electron chi connectivity index (χ1n) is 6.52. The highest BCUT2D eigenvalue weighted by Crippen LogP contribution is 2.23. The van der Waals surface area contributed by atoms with Crippen LogP contribution in [0.3, 0.4) is 0 Å². The van der Waals surface area contributed by atoms with E-state index in [1.165, 1.54) is 0 Å². The molecule has 0 saturated heterocycles. The van der Waals surface area contributed by atoms with Crippen molar-refractivity contribution >= 4 is 27.9 Å². The molecule has 0 radical (unpaired) electrons. The predicted molar refractivity (Wildman–Crippen MR) is 81.9 cm³/mol. The van der Waals surface area contributed by atoms with Gasteiger partial charge >= 0.3 is 0 Å². The lowest BCUT2D eigenvalue weighted by Gasteiger charge is -2.09. The van der Waals surface area contributed by atoms with Crippen LogP contribution in [-0.4, -0.2) is 25.2 Å². The average molecular weight is 310 g/mol. The van der Waals surface area contributed by atoms with Gasteiger partial charge in [0.25, 0.3) is 0 Å². The number of fused-ring (bicyclic) bond motifs is 1. The van der Waals surface area contributed by atoms with E-state index in [0.29, 0.717) is 5.02 Å². The third-order valence-corrected chi connectivity index (χ3v) is 4.50. The molecule has 5 nitrogen and oxygen atoms in total. The van der Waals surface area contributed by atoms with Gasteiger partial charge in [0.05, 0.1) is 22.6 Å². The average Bonchev–Trinajstić information content (AvgIpc) is 3.07. The topological polar surface area (TPSA) is 61.1 Å². The fourth-order valence-corrected chi connectivity index (χ4v) is 2.99. The molecule has 0 saturated carbocycles. The molecule has 0 aliphatic heterocycles. The molecular weight excluding hydrogens is 294 g/mol. The Morgan fingerprint density at radius 2 is 2.30 bits per heavy atom. The van der Waals surface area contributed by atoms with Crippen molar-refractivity contribution in [1.82, 2.24) is 19.2 Å². The summed E-state index contributed by atoms with van der Waals surface area (Å²) in [5.74, 6) is 0.816. The van der Waals surface area contributed by atoms with Crippen LogP contribution < -0.4 is 5.73 Å². The monoisotopic (exact) mass is 309 g/mol. The molecule has 3 rings (SSSR count). The quantitative estimate of drug-likeness (QED) is 0.806. The number of hydrogen-bond acceptors (Lipinski definition) is 4. The summed E-state index contributed by atoms with van der Waals surface area (Å²) >= 11 is 7.70. The van der Waals surface area contributed by atoms with Gasteiger partial charge in [0.15, 0.2) is 10.8 Å². The van der Waals surface area contributed by atoms with Crippen LogP contribution in [-0.2, 0) is 6.42 Å². The van der Waals surface area contributed by atoms with Crippen molar-refractivity contribution in [2.24, 2.45) is 5.73 Å². The second-order valence-electron chi connectivity index (χ2n) is 4.82. The molecule has 0 spiro atoms. The van der Waals surface area contributed by atoms with Gasteiger partial charge in [-0.25, -0.2) is 4.68 Å². The van der Waals surface area contributed by atoms with Crippen LogP contribution in [0.5, 0.6) is 0 Å². The maximum Gasteiger partial charge on any atom is 0.195 e. The van der Waals surface area contributed by atoms with Crippen LogP contribution in [0.1, 0.15) is 24.7 Å². The van der Waals surface area contributed by atoms with E-state index >= 15 is 0 Å². The van der Waals surface area contributed by atoms with Gasteiger partial charge in [-0.2, -0.15) is 10.1 Å². The van der Waals surface area contributed by atoms with Crippen LogP contribution in [0.4, 0.5) is 0 Å². The molecular formula is C13H16ClN5S. The van der Waals surface area contributed by atoms with Crippen LogP contribution in [0.25, 0.3) is 10.8 Å². The molecule has 0 fully saturated rings. The molecule has 2 N–H and O–H groups in total. The summed E-state index contributed by atoms with van der Waals surface area (Å²) in [7, 11) is 0. The molecule has 0 bridgehead atoms. The van der Waals surface area contributed by atoms with Crippen molar-refractivity contribution < 1.29 is 0 Å². The minimum Gasteiger partial charge on any atom is -0.327 e. The zero-order valence-electron chi connectivity index (χ0n) is 11.4. The molecule has 0 aliphatic rings. The number of hydrogen-bond donors (Lipinski definition) is 1. The molecule has 20 heavy (non-hydrogen) atoms. The number of thiazole rings is 1. The van der Waals surface area contributed by atoms with Crippen LogP contribution >= 0.6 is 22.9 Å². The number of halogens is 1. The second-order valence-corrected chi connectivity index (χ2v) is 6.10. The van der Waals surface area contributed by atoms with Gasteiger partial charge in [0, 0.05) is 24.0 Å². The maximum absolute atomic E-state index is 6.11. The van der Waals surface area contributed by atoms with Crippen LogP contribution in [0.15, 0.2) is 17.8 Å². The Bertz CT molecular complexity index is 722. The Labute approximate surface area is 126 Å². The summed E-state index contributed by atoms with van der Waals surface area (Å²) in [6.07, 6.45) is 5.51. The normalized spacial score (nSPS) is 13.2. The van der Waals surface area contributed by atoms with E-state index in [1.807, 2.05) is 18.5 Å². The fourth-order valence-electron chi connectivity index (χ4n) is 2.13. The minimum absolute atomic E-state index is 0.112. The molecule has 0 aliphatic carbocycles. The smallest absolute Gasteiger partial charge is 0.195 e. The Balaban J connectivity index is 2.13. The van der Waals surface area contributed by atoms with E-state index in [0.717, 1.165) is 35.0 Å². The predicted octanol–water partition coefficient (Wildman–Crippen LogP) is 2.82. The van der Waals surface area contributed by atoms with Crippen molar-refractivity contribution in [3.05, 3.63) is 34.2 Å². The molecule has 3 aromatic heterocycles. The highest BCUT2D eigenvalue weighted by Gasteiger charge is 2.18. The highest BCUT2D eigenvalue weighted by atomic mass is 35.5. The van der Waals surface area contributed by atoms with E-state index in [1.54, 1.807) is 22.2 Å². The molecule has 1 atom stereocenters. The number of rotatable bonds is 4. The number of nitrogens with two attached hydrogens (primary N) is 1. The number of nitrogens with zero attached hydrogens (tertiary/aromatic N) is 4. The Kier molecular flexibility index (Phi) is 3.54. The minimum atomic E-state index is 0.112. The summed E-state index contributed by atoms with van der Waals surface area (Å²) in [6, 6.07) is 0.112. The van der Waals surface area contributed by atoms with Gasteiger partial charge < -0.3 is 5.73 Å². The largest absolute Gasteiger partial charge is 0.327 e. The third kappa shape index (κ3) is 2.24. The zero-order valence-corrected chi connectivity index (χ0v) is 12.9. The van der Waals surface area contributed by atoms with Crippen molar-refractivity contribution in [2.75, 3.05) is 0 Å². The lowest BCUT2D eigenvalue weighted by molar-refractivity contribution is 0.629. The van der Waals surface area contributed by atoms with Crippen molar-refractivity contribution in [3.63, 3.8) is 0 Å². The van der Waals surface area contributed by atoms with E-state index in [2.05, 4.69) is 21.4 Å². The molecule has 106 valence electrons. The van der Waals surface area contributed by atoms with Crippen LogP contribution in [0.2, 0.25) is 5.02 Å². The first-order valence-corrected chi connectivity index (χ1v) is 7.78.